The molecule has 27 heavy (non-hydrogen) atoms. The predicted molar refractivity (Wildman–Crippen MR) is 109 cm³/mol. The van der Waals surface area contributed by atoms with Crippen LogP contribution in [0.15, 0.2) is 28.6 Å². The highest BCUT2D eigenvalue weighted by Gasteiger charge is 2.33. The van der Waals surface area contributed by atoms with E-state index in [0.29, 0.717) is 36.0 Å². The maximum Gasteiger partial charge on any atom is 0.434 e. The number of hydrogen-bond donors (Lipinski definition) is 2. The van der Waals surface area contributed by atoms with Crippen molar-refractivity contribution in [3.63, 3.8) is 0 Å². The van der Waals surface area contributed by atoms with Crippen LogP contribution in [0.25, 0.3) is 0 Å². The summed E-state index contributed by atoms with van der Waals surface area (Å²) in [7, 11) is 3.10. The fourth-order valence-electron chi connectivity index (χ4n) is 2.06. The van der Waals surface area contributed by atoms with E-state index in [2.05, 4.69) is 15.3 Å². The van der Waals surface area contributed by atoms with E-state index in [-0.39, 0.29) is 29.9 Å². The number of halogens is 4. The van der Waals surface area contributed by atoms with E-state index in [0.717, 1.165) is 22.3 Å². The van der Waals surface area contributed by atoms with Gasteiger partial charge in [0.15, 0.2) is 23.2 Å². The molecule has 1 heterocycles. The Hall–Kier alpha value is -1.76. The van der Waals surface area contributed by atoms with Gasteiger partial charge < -0.3 is 20.5 Å². The van der Waals surface area contributed by atoms with Crippen LogP contribution in [-0.2, 0) is 19.1 Å². The molecule has 3 N–H and O–H groups in total. The Balaban J connectivity index is 0.00000364. The van der Waals surface area contributed by atoms with Gasteiger partial charge in [0, 0.05) is 18.3 Å². The molecule has 0 spiro atoms. The lowest BCUT2D eigenvalue weighted by molar-refractivity contribution is -0.140. The molecule has 0 aliphatic rings. The van der Waals surface area contributed by atoms with Crippen LogP contribution < -0.4 is 20.5 Å². The van der Waals surface area contributed by atoms with E-state index in [1.807, 2.05) is 6.07 Å². The van der Waals surface area contributed by atoms with Gasteiger partial charge in [-0.1, -0.05) is 6.07 Å². The molecule has 0 aliphatic carbocycles. The van der Waals surface area contributed by atoms with Crippen LogP contribution in [0.4, 0.5) is 13.2 Å². The summed E-state index contributed by atoms with van der Waals surface area (Å²) in [6.07, 6.45) is -4.09. The van der Waals surface area contributed by atoms with Gasteiger partial charge in [-0.05, 0) is 17.7 Å². The fraction of sp³-hybridized carbons (Fsp3) is 0.375. The minimum absolute atomic E-state index is 0. The molecule has 0 atom stereocenters. The summed E-state index contributed by atoms with van der Waals surface area (Å²) in [6, 6.07) is 5.41. The number of nitrogens with zero attached hydrogens (tertiary/aromatic N) is 2. The molecule has 11 heteroatoms. The van der Waals surface area contributed by atoms with Gasteiger partial charge in [-0.3, -0.25) is 0 Å². The molecule has 150 valence electrons. The van der Waals surface area contributed by atoms with E-state index in [1.165, 1.54) is 0 Å². The molecule has 0 saturated heterocycles. The van der Waals surface area contributed by atoms with Crippen molar-refractivity contribution in [1.82, 2.24) is 10.3 Å². The highest BCUT2D eigenvalue weighted by molar-refractivity contribution is 14.0. The Morgan fingerprint density at radius 3 is 2.56 bits per heavy atom. The zero-order chi connectivity index (χ0) is 19.2. The van der Waals surface area contributed by atoms with E-state index in [9.17, 15) is 13.2 Å². The zero-order valence-corrected chi connectivity index (χ0v) is 17.8. The number of alkyl halides is 3. The molecule has 0 aliphatic heterocycles. The first-order chi connectivity index (χ1) is 12.3. The topological polar surface area (TPSA) is 81.8 Å². The van der Waals surface area contributed by atoms with Gasteiger partial charge in [0.2, 0.25) is 0 Å². The van der Waals surface area contributed by atoms with E-state index in [4.69, 9.17) is 15.2 Å². The minimum Gasteiger partial charge on any atom is -0.493 e. The first-order valence-electron chi connectivity index (χ1n) is 7.59. The van der Waals surface area contributed by atoms with Crippen molar-refractivity contribution < 1.29 is 22.6 Å². The summed E-state index contributed by atoms with van der Waals surface area (Å²) < 4.78 is 47.8. The Labute approximate surface area is 176 Å². The normalized spacial score (nSPS) is 11.7. The van der Waals surface area contributed by atoms with Crippen molar-refractivity contribution in [2.24, 2.45) is 10.7 Å². The molecule has 0 bridgehead atoms. The molecule has 6 nitrogen and oxygen atoms in total. The quantitative estimate of drug-likeness (QED) is 0.335. The average Bonchev–Trinajstić information content (AvgIpc) is 3.09. The van der Waals surface area contributed by atoms with Crippen molar-refractivity contribution in [2.45, 2.75) is 19.1 Å². The van der Waals surface area contributed by atoms with Crippen molar-refractivity contribution >= 4 is 41.3 Å². The summed E-state index contributed by atoms with van der Waals surface area (Å²) in [5.74, 6) is 1.41. The molecule has 1 aromatic carbocycles. The lowest BCUT2D eigenvalue weighted by atomic mass is 10.2. The Kier molecular flexibility index (Phi) is 9.09. The number of methoxy groups -OCH3 is 2. The van der Waals surface area contributed by atoms with Gasteiger partial charge in [-0.15, -0.1) is 35.3 Å². The number of nitrogens with one attached hydrogen (secondary N) is 1. The Bertz CT molecular complexity index is 768. The van der Waals surface area contributed by atoms with E-state index < -0.39 is 11.9 Å². The second-order valence-corrected chi connectivity index (χ2v) is 6.13. The highest BCUT2D eigenvalue weighted by atomic mass is 127. The third-order valence-corrected chi connectivity index (χ3v) is 4.28. The molecular weight excluding hydrogens is 496 g/mol. The van der Waals surface area contributed by atoms with Gasteiger partial charge in [-0.2, -0.15) is 13.2 Å². The summed E-state index contributed by atoms with van der Waals surface area (Å²) in [4.78, 5) is 7.75. The lowest BCUT2D eigenvalue weighted by Gasteiger charge is -2.09. The number of nitrogens with two attached hydrogens (primary N) is 1. The summed E-state index contributed by atoms with van der Waals surface area (Å²) in [5, 5.41) is 4.25. The van der Waals surface area contributed by atoms with Crippen molar-refractivity contribution in [3.8, 4) is 11.5 Å². The van der Waals surface area contributed by atoms with Gasteiger partial charge in [0.25, 0.3) is 0 Å². The second kappa shape index (κ2) is 10.5. The molecular formula is C16H20F3IN4O2S. The molecule has 2 aromatic rings. The second-order valence-electron chi connectivity index (χ2n) is 5.19. The van der Waals surface area contributed by atoms with Crippen molar-refractivity contribution in [1.29, 1.82) is 0 Å². The Morgan fingerprint density at radius 1 is 1.26 bits per heavy atom. The van der Waals surface area contributed by atoms with E-state index >= 15 is 0 Å². The maximum atomic E-state index is 12.5. The molecule has 0 fully saturated rings. The largest absolute Gasteiger partial charge is 0.493 e. The standard InChI is InChI=1S/C16H19F3N4O2S.HI/c1-24-11-4-3-10(7-12(11)25-2)8-22-15(20)21-6-5-14-23-13(9-26-14)16(17,18)19;/h3-4,7,9H,5-6,8H2,1-2H3,(H3,20,21,22);1H. The molecule has 0 unspecified atom stereocenters. The third-order valence-electron chi connectivity index (χ3n) is 3.37. The minimum atomic E-state index is -4.41. The van der Waals surface area contributed by atoms with Gasteiger partial charge in [-0.25, -0.2) is 9.98 Å². The van der Waals surface area contributed by atoms with Crippen LogP contribution >= 0.6 is 35.3 Å². The average molecular weight is 516 g/mol. The number of thiazole rings is 1. The van der Waals surface area contributed by atoms with Gasteiger partial charge in [0.05, 0.1) is 25.8 Å². The fourth-order valence-corrected chi connectivity index (χ4v) is 2.87. The number of aliphatic imine (C=N–C) groups is 1. The van der Waals surface area contributed by atoms with Crippen LogP contribution in [0.1, 0.15) is 16.3 Å². The monoisotopic (exact) mass is 516 g/mol. The smallest absolute Gasteiger partial charge is 0.434 e. The molecule has 0 saturated carbocycles. The Morgan fingerprint density at radius 2 is 1.96 bits per heavy atom. The molecule has 1 aromatic heterocycles. The predicted octanol–water partition coefficient (Wildman–Crippen LogP) is 3.44. The lowest BCUT2D eigenvalue weighted by Crippen LogP contribution is -2.33. The molecule has 0 radical (unpaired) electrons. The molecule has 2 rings (SSSR count). The van der Waals surface area contributed by atoms with Crippen LogP contribution in [0.5, 0.6) is 11.5 Å². The van der Waals surface area contributed by atoms with Crippen molar-refractivity contribution in [2.75, 3.05) is 20.8 Å². The van der Waals surface area contributed by atoms with Gasteiger partial charge >= 0.3 is 6.18 Å². The number of ether oxygens (including phenoxy) is 2. The number of aromatic nitrogens is 1. The first-order valence-corrected chi connectivity index (χ1v) is 8.47. The summed E-state index contributed by atoms with van der Waals surface area (Å²) >= 11 is 0.968. The van der Waals surface area contributed by atoms with Crippen LogP contribution in [0.3, 0.4) is 0 Å². The SMILES string of the molecule is COc1ccc(CN=C(N)NCCc2nc(C(F)(F)F)cs2)cc1OC.I. The summed E-state index contributed by atoms with van der Waals surface area (Å²) in [6.45, 7) is 0.667. The maximum absolute atomic E-state index is 12.5. The van der Waals surface area contributed by atoms with E-state index in [1.54, 1.807) is 26.4 Å². The van der Waals surface area contributed by atoms with Gasteiger partial charge in [0.1, 0.15) is 0 Å². The first kappa shape index (κ1) is 23.3. The van der Waals surface area contributed by atoms with Crippen LogP contribution in [-0.4, -0.2) is 31.7 Å². The number of guanidine groups is 1. The van der Waals surface area contributed by atoms with Crippen LogP contribution in [0, 0.1) is 0 Å². The summed E-state index contributed by atoms with van der Waals surface area (Å²) in [5.41, 5.74) is 5.78. The van der Waals surface area contributed by atoms with Crippen LogP contribution in [0.2, 0.25) is 0 Å². The number of benzene rings is 1. The zero-order valence-electron chi connectivity index (χ0n) is 14.7. The van der Waals surface area contributed by atoms with Crippen molar-refractivity contribution in [3.05, 3.63) is 39.8 Å². The number of rotatable bonds is 7. The number of hydrogen-bond acceptors (Lipinski definition) is 5. The molecule has 0 amide bonds. The highest BCUT2D eigenvalue weighted by Crippen LogP contribution is 2.30. The third kappa shape index (κ3) is 7.05.